The van der Waals surface area contributed by atoms with Gasteiger partial charge in [0.2, 0.25) is 0 Å². The van der Waals surface area contributed by atoms with E-state index in [9.17, 15) is 9.59 Å². The molecule has 1 unspecified atom stereocenters. The van der Waals surface area contributed by atoms with Gasteiger partial charge in [-0.3, -0.25) is 10.1 Å². The van der Waals surface area contributed by atoms with E-state index >= 15 is 0 Å². The molecule has 0 radical (unpaired) electrons. The topological polar surface area (TPSA) is 62.6 Å². The van der Waals surface area contributed by atoms with Crippen LogP contribution in [0.15, 0.2) is 59.3 Å². The van der Waals surface area contributed by atoms with Gasteiger partial charge in [0.15, 0.2) is 6.54 Å². The summed E-state index contributed by atoms with van der Waals surface area (Å²) in [7, 11) is 0. The van der Waals surface area contributed by atoms with Crippen molar-refractivity contribution in [3.63, 3.8) is 0 Å². The van der Waals surface area contributed by atoms with Gasteiger partial charge in [0.1, 0.15) is 6.04 Å². The molecule has 1 aliphatic rings. The Labute approximate surface area is 165 Å². The number of amides is 3. The summed E-state index contributed by atoms with van der Waals surface area (Å²) in [5.41, 5.74) is 1.97. The van der Waals surface area contributed by atoms with Crippen molar-refractivity contribution in [2.24, 2.45) is 0 Å². The summed E-state index contributed by atoms with van der Waals surface area (Å²) < 4.78 is 0. The van der Waals surface area contributed by atoms with Crippen LogP contribution in [0.4, 0.5) is 10.5 Å². The van der Waals surface area contributed by atoms with Crippen LogP contribution in [0.25, 0.3) is 0 Å². The number of fused-ring (bicyclic) bond motifs is 1. The highest BCUT2D eigenvalue weighted by atomic mass is 32.1. The number of carbonyl (C=O) groups excluding carboxylic acids is 2. The Morgan fingerprint density at radius 3 is 2.67 bits per heavy atom. The Morgan fingerprint density at radius 1 is 1.04 bits per heavy atom. The van der Waals surface area contributed by atoms with Gasteiger partial charge in [0, 0.05) is 22.5 Å². The quantitative estimate of drug-likeness (QED) is 0.633. The number of thiophene rings is 2. The molecule has 138 valence electrons. The third-order valence-corrected chi connectivity index (χ3v) is 6.61. The lowest BCUT2D eigenvalue weighted by molar-refractivity contribution is -0.919. The summed E-state index contributed by atoms with van der Waals surface area (Å²) in [6, 6.07) is 15.1. The molecule has 1 aromatic carbocycles. The molecule has 0 spiro atoms. The molecule has 0 fully saturated rings. The van der Waals surface area contributed by atoms with Crippen LogP contribution in [0, 0.1) is 0 Å². The van der Waals surface area contributed by atoms with E-state index in [1.807, 2.05) is 24.3 Å². The third-order valence-electron chi connectivity index (χ3n) is 4.67. The van der Waals surface area contributed by atoms with Crippen LogP contribution in [0.2, 0.25) is 0 Å². The maximum Gasteiger partial charge on any atom is 0.326 e. The number of urea groups is 1. The van der Waals surface area contributed by atoms with Gasteiger partial charge in [0.25, 0.3) is 5.91 Å². The molecule has 0 saturated heterocycles. The number of nitrogens with one attached hydrogen (secondary N) is 3. The Morgan fingerprint density at radius 2 is 1.89 bits per heavy atom. The Bertz CT molecular complexity index is 922. The van der Waals surface area contributed by atoms with Crippen LogP contribution in [-0.2, 0) is 11.2 Å². The van der Waals surface area contributed by atoms with E-state index < -0.39 is 6.03 Å². The minimum atomic E-state index is -0.494. The molecule has 4 rings (SSSR count). The van der Waals surface area contributed by atoms with E-state index in [0.29, 0.717) is 5.69 Å². The maximum absolute atomic E-state index is 12.5. The average molecular weight is 399 g/mol. The fraction of sp³-hybridized carbons (Fsp3) is 0.200. The van der Waals surface area contributed by atoms with Gasteiger partial charge < -0.3 is 10.2 Å². The first-order valence-electron chi connectivity index (χ1n) is 8.81. The van der Waals surface area contributed by atoms with Crippen molar-refractivity contribution in [2.75, 3.05) is 18.4 Å². The number of imide groups is 1. The first kappa shape index (κ1) is 17.9. The van der Waals surface area contributed by atoms with Gasteiger partial charge in [-0.05, 0) is 35.0 Å². The maximum atomic E-state index is 12.5. The average Bonchev–Trinajstić information content (AvgIpc) is 3.34. The first-order chi connectivity index (χ1) is 13.2. The lowest BCUT2D eigenvalue weighted by Crippen LogP contribution is -3.14. The van der Waals surface area contributed by atoms with E-state index in [-0.39, 0.29) is 18.5 Å². The van der Waals surface area contributed by atoms with Crippen molar-refractivity contribution < 1.29 is 14.5 Å². The molecule has 0 bridgehead atoms. The van der Waals surface area contributed by atoms with Crippen molar-refractivity contribution in [3.8, 4) is 0 Å². The molecule has 2 aromatic heterocycles. The van der Waals surface area contributed by atoms with E-state index in [4.69, 9.17) is 0 Å². The summed E-state index contributed by atoms with van der Waals surface area (Å²) >= 11 is 3.50. The normalized spacial score (nSPS) is 18.5. The fourth-order valence-electron chi connectivity index (χ4n) is 3.51. The Hall–Kier alpha value is -2.48. The molecule has 1 aliphatic heterocycles. The van der Waals surface area contributed by atoms with E-state index in [2.05, 4.69) is 33.5 Å². The van der Waals surface area contributed by atoms with E-state index in [1.165, 1.54) is 20.2 Å². The zero-order valence-corrected chi connectivity index (χ0v) is 16.2. The summed E-state index contributed by atoms with van der Waals surface area (Å²) in [5, 5.41) is 9.34. The molecule has 3 aromatic rings. The van der Waals surface area contributed by atoms with Gasteiger partial charge in [-0.25, -0.2) is 4.79 Å². The number of rotatable bonds is 4. The highest BCUT2D eigenvalue weighted by molar-refractivity contribution is 7.10. The molecule has 3 N–H and O–H groups in total. The number of carbonyl (C=O) groups is 2. The lowest BCUT2D eigenvalue weighted by atomic mass is 9.98. The Kier molecular flexibility index (Phi) is 5.33. The number of anilines is 1. The summed E-state index contributed by atoms with van der Waals surface area (Å²) in [5.74, 6) is -0.265. The van der Waals surface area contributed by atoms with Crippen molar-refractivity contribution in [1.82, 2.24) is 5.32 Å². The van der Waals surface area contributed by atoms with Gasteiger partial charge >= 0.3 is 6.03 Å². The largest absolute Gasteiger partial charge is 0.326 e. The Balaban J connectivity index is 1.43. The molecule has 0 aliphatic carbocycles. The van der Waals surface area contributed by atoms with Crippen molar-refractivity contribution >= 4 is 40.3 Å². The second-order valence-corrected chi connectivity index (χ2v) is 8.43. The highest BCUT2D eigenvalue weighted by Gasteiger charge is 2.35. The summed E-state index contributed by atoms with van der Waals surface area (Å²) in [4.78, 5) is 28.4. The van der Waals surface area contributed by atoms with E-state index in [1.54, 1.807) is 34.8 Å². The second-order valence-electron chi connectivity index (χ2n) is 6.45. The zero-order chi connectivity index (χ0) is 18.6. The predicted molar refractivity (Wildman–Crippen MR) is 108 cm³/mol. The minimum Gasteiger partial charge on any atom is -0.316 e. The zero-order valence-electron chi connectivity index (χ0n) is 14.6. The molecule has 5 nitrogen and oxygen atoms in total. The first-order valence-corrected chi connectivity index (χ1v) is 10.6. The van der Waals surface area contributed by atoms with Crippen LogP contribution < -0.4 is 15.5 Å². The number of para-hydroxylation sites is 1. The molecule has 2 atom stereocenters. The van der Waals surface area contributed by atoms with Crippen LogP contribution in [0.3, 0.4) is 0 Å². The predicted octanol–water partition coefficient (Wildman–Crippen LogP) is 2.69. The van der Waals surface area contributed by atoms with E-state index in [0.717, 1.165) is 13.0 Å². The van der Waals surface area contributed by atoms with Crippen LogP contribution in [0.5, 0.6) is 0 Å². The molecule has 27 heavy (non-hydrogen) atoms. The third kappa shape index (κ3) is 4.10. The monoisotopic (exact) mass is 398 g/mol. The number of quaternary nitrogens is 1. The number of benzene rings is 1. The summed E-state index contributed by atoms with van der Waals surface area (Å²) in [6.45, 7) is 1.14. The lowest BCUT2D eigenvalue weighted by Gasteiger charge is -2.31. The van der Waals surface area contributed by atoms with Crippen molar-refractivity contribution in [1.29, 1.82) is 0 Å². The van der Waals surface area contributed by atoms with Crippen LogP contribution in [-0.4, -0.2) is 25.0 Å². The SMILES string of the molecule is O=C(C[NH+]1CCc2sccc2[C@H]1c1cccs1)NC(=O)Nc1ccccc1. The molecule has 3 amide bonds. The molecular formula is C20H20N3O2S2+. The van der Waals surface area contributed by atoms with Gasteiger partial charge in [-0.1, -0.05) is 24.3 Å². The van der Waals surface area contributed by atoms with Gasteiger partial charge in [0.05, 0.1) is 11.4 Å². The van der Waals surface area contributed by atoms with Gasteiger partial charge in [-0.15, -0.1) is 22.7 Å². The summed E-state index contributed by atoms with van der Waals surface area (Å²) in [6.07, 6.45) is 0.966. The fourth-order valence-corrected chi connectivity index (χ4v) is 5.33. The van der Waals surface area contributed by atoms with Crippen molar-refractivity contribution in [3.05, 3.63) is 74.6 Å². The smallest absolute Gasteiger partial charge is 0.316 e. The van der Waals surface area contributed by atoms with Crippen molar-refractivity contribution in [2.45, 2.75) is 12.5 Å². The minimum absolute atomic E-state index is 0.155. The molecular weight excluding hydrogens is 378 g/mol. The molecule has 7 heteroatoms. The standard InChI is InChI=1S/C20H19N3O2S2/c24-18(22-20(25)21-14-5-2-1-3-6-14)13-23-10-8-16-15(9-12-27-16)19(23)17-7-4-11-26-17/h1-7,9,11-12,19H,8,10,13H2,(H2,21,22,24,25)/p+1/t19-/m0/s1. The van der Waals surface area contributed by atoms with Crippen LogP contribution in [0.1, 0.15) is 21.4 Å². The molecule has 3 heterocycles. The molecule has 0 saturated carbocycles. The van der Waals surface area contributed by atoms with Gasteiger partial charge in [-0.2, -0.15) is 0 Å². The second kappa shape index (κ2) is 8.04. The number of hydrogen-bond acceptors (Lipinski definition) is 4. The highest BCUT2D eigenvalue weighted by Crippen LogP contribution is 2.31. The number of hydrogen-bond donors (Lipinski definition) is 3. The van der Waals surface area contributed by atoms with Crippen LogP contribution >= 0.6 is 22.7 Å².